The van der Waals surface area contributed by atoms with Crippen molar-refractivity contribution in [3.63, 3.8) is 0 Å². The molecule has 18 heavy (non-hydrogen) atoms. The third-order valence-electron chi connectivity index (χ3n) is 3.76. The number of anilines is 1. The minimum atomic E-state index is 0.642. The van der Waals surface area contributed by atoms with Gasteiger partial charge in [0, 0.05) is 42.4 Å². The first-order valence-corrected chi connectivity index (χ1v) is 7.40. The molecular weight excluding hydrogens is 290 g/mol. The van der Waals surface area contributed by atoms with Crippen molar-refractivity contribution in [3.05, 3.63) is 28.2 Å². The van der Waals surface area contributed by atoms with Crippen molar-refractivity contribution in [2.45, 2.75) is 26.4 Å². The quantitative estimate of drug-likeness (QED) is 0.871. The molecule has 2 rings (SSSR count). The monoisotopic (exact) mass is 311 g/mol. The summed E-state index contributed by atoms with van der Waals surface area (Å²) >= 11 is 3.59. The molecule has 1 aromatic rings. The maximum absolute atomic E-state index is 5.92. The zero-order chi connectivity index (χ0) is 13.1. The Kier molecular flexibility index (Phi) is 4.65. The summed E-state index contributed by atoms with van der Waals surface area (Å²) in [6, 6.07) is 6.76. The summed E-state index contributed by atoms with van der Waals surface area (Å²) in [6.45, 7) is 10.1. The molecule has 0 spiro atoms. The van der Waals surface area contributed by atoms with Crippen molar-refractivity contribution in [1.29, 1.82) is 0 Å². The van der Waals surface area contributed by atoms with E-state index in [0.29, 0.717) is 6.04 Å². The van der Waals surface area contributed by atoms with Crippen molar-refractivity contribution in [2.24, 2.45) is 0 Å². The Morgan fingerprint density at radius 1 is 1.39 bits per heavy atom. The third-order valence-corrected chi connectivity index (χ3v) is 4.73. The summed E-state index contributed by atoms with van der Waals surface area (Å²) in [5, 5.41) is 0. The SMILES string of the molecule is CCN1CCN(Cc2cccc(N)c2Br)CC1C. The molecule has 1 aliphatic heterocycles. The molecule has 1 atom stereocenters. The smallest absolute Gasteiger partial charge is 0.0461 e. The Balaban J connectivity index is 2.00. The Morgan fingerprint density at radius 2 is 2.17 bits per heavy atom. The van der Waals surface area contributed by atoms with Crippen molar-refractivity contribution in [2.75, 3.05) is 31.9 Å². The van der Waals surface area contributed by atoms with E-state index in [1.165, 1.54) is 5.56 Å². The van der Waals surface area contributed by atoms with Gasteiger partial charge in [-0.3, -0.25) is 9.80 Å². The highest BCUT2D eigenvalue weighted by molar-refractivity contribution is 9.10. The number of halogens is 1. The lowest BCUT2D eigenvalue weighted by molar-refractivity contribution is 0.0833. The number of hydrogen-bond acceptors (Lipinski definition) is 3. The molecule has 0 aliphatic carbocycles. The largest absolute Gasteiger partial charge is 0.398 e. The number of benzene rings is 1. The molecular formula is C14H22BrN3. The maximum atomic E-state index is 5.92. The lowest BCUT2D eigenvalue weighted by Crippen LogP contribution is -2.51. The molecule has 1 aliphatic rings. The first-order valence-electron chi connectivity index (χ1n) is 6.61. The molecule has 1 unspecified atom stereocenters. The van der Waals surface area contributed by atoms with E-state index < -0.39 is 0 Å². The van der Waals surface area contributed by atoms with E-state index in [2.05, 4.69) is 45.6 Å². The molecule has 2 N–H and O–H groups in total. The normalized spacial score (nSPS) is 22.3. The van der Waals surface area contributed by atoms with Crippen molar-refractivity contribution < 1.29 is 0 Å². The molecule has 0 saturated carbocycles. The highest BCUT2D eigenvalue weighted by Crippen LogP contribution is 2.25. The van der Waals surface area contributed by atoms with Gasteiger partial charge in [-0.15, -0.1) is 0 Å². The number of nitrogens with two attached hydrogens (primary N) is 1. The van der Waals surface area contributed by atoms with Gasteiger partial charge in [0.2, 0.25) is 0 Å². The second-order valence-corrected chi connectivity index (χ2v) is 5.83. The number of piperazine rings is 1. The van der Waals surface area contributed by atoms with Gasteiger partial charge in [0.05, 0.1) is 0 Å². The van der Waals surface area contributed by atoms with E-state index in [9.17, 15) is 0 Å². The van der Waals surface area contributed by atoms with Crippen LogP contribution in [0.15, 0.2) is 22.7 Å². The van der Waals surface area contributed by atoms with Crippen LogP contribution in [0.4, 0.5) is 5.69 Å². The zero-order valence-corrected chi connectivity index (χ0v) is 12.8. The summed E-state index contributed by atoms with van der Waals surface area (Å²) in [4.78, 5) is 5.04. The van der Waals surface area contributed by atoms with Gasteiger partial charge in [-0.05, 0) is 41.0 Å². The van der Waals surface area contributed by atoms with Crippen molar-refractivity contribution >= 4 is 21.6 Å². The van der Waals surface area contributed by atoms with E-state index in [0.717, 1.165) is 42.9 Å². The van der Waals surface area contributed by atoms with Crippen LogP contribution in [0.5, 0.6) is 0 Å². The molecule has 0 amide bonds. The number of hydrogen-bond donors (Lipinski definition) is 1. The first kappa shape index (κ1) is 13.8. The fraction of sp³-hybridized carbons (Fsp3) is 0.571. The summed E-state index contributed by atoms with van der Waals surface area (Å²) in [7, 11) is 0. The zero-order valence-electron chi connectivity index (χ0n) is 11.2. The van der Waals surface area contributed by atoms with Gasteiger partial charge in [-0.2, -0.15) is 0 Å². The van der Waals surface area contributed by atoms with Gasteiger partial charge in [0.15, 0.2) is 0 Å². The molecule has 1 fully saturated rings. The maximum Gasteiger partial charge on any atom is 0.0461 e. The summed E-state index contributed by atoms with van der Waals surface area (Å²) in [6.07, 6.45) is 0. The predicted octanol–water partition coefficient (Wildman–Crippen LogP) is 2.56. The Morgan fingerprint density at radius 3 is 2.83 bits per heavy atom. The molecule has 0 radical (unpaired) electrons. The van der Waals surface area contributed by atoms with E-state index in [-0.39, 0.29) is 0 Å². The van der Waals surface area contributed by atoms with Crippen LogP contribution < -0.4 is 5.73 Å². The summed E-state index contributed by atoms with van der Waals surface area (Å²) in [5.74, 6) is 0. The highest BCUT2D eigenvalue weighted by atomic mass is 79.9. The topological polar surface area (TPSA) is 32.5 Å². The molecule has 0 bridgehead atoms. The van der Waals surface area contributed by atoms with Crippen LogP contribution in [0.1, 0.15) is 19.4 Å². The van der Waals surface area contributed by atoms with Crippen molar-refractivity contribution in [3.8, 4) is 0 Å². The minimum Gasteiger partial charge on any atom is -0.398 e. The number of nitrogens with zero attached hydrogens (tertiary/aromatic N) is 2. The molecule has 100 valence electrons. The van der Waals surface area contributed by atoms with Crippen LogP contribution in [0.3, 0.4) is 0 Å². The second-order valence-electron chi connectivity index (χ2n) is 5.03. The summed E-state index contributed by atoms with van der Waals surface area (Å²) < 4.78 is 1.05. The number of nitrogen functional groups attached to an aromatic ring is 1. The fourth-order valence-corrected chi connectivity index (χ4v) is 3.04. The molecule has 0 aromatic heterocycles. The van der Waals surface area contributed by atoms with Crippen LogP contribution >= 0.6 is 15.9 Å². The Labute approximate surface area is 118 Å². The van der Waals surface area contributed by atoms with Gasteiger partial charge in [0.25, 0.3) is 0 Å². The van der Waals surface area contributed by atoms with Crippen LogP contribution in [-0.4, -0.2) is 42.0 Å². The average Bonchev–Trinajstić information content (AvgIpc) is 2.35. The lowest BCUT2D eigenvalue weighted by Gasteiger charge is -2.39. The number of rotatable bonds is 3. The summed E-state index contributed by atoms with van der Waals surface area (Å²) in [5.41, 5.74) is 8.03. The van der Waals surface area contributed by atoms with Crippen molar-refractivity contribution in [1.82, 2.24) is 9.80 Å². The molecule has 1 aromatic carbocycles. The average molecular weight is 312 g/mol. The van der Waals surface area contributed by atoms with E-state index in [1.807, 2.05) is 12.1 Å². The second kappa shape index (κ2) is 6.04. The van der Waals surface area contributed by atoms with Gasteiger partial charge >= 0.3 is 0 Å². The van der Waals surface area contributed by atoms with Crippen LogP contribution in [0, 0.1) is 0 Å². The third kappa shape index (κ3) is 3.05. The first-order chi connectivity index (χ1) is 8.61. The van der Waals surface area contributed by atoms with E-state index >= 15 is 0 Å². The molecule has 4 heteroatoms. The molecule has 3 nitrogen and oxygen atoms in total. The van der Waals surface area contributed by atoms with Gasteiger partial charge in [-0.25, -0.2) is 0 Å². The van der Waals surface area contributed by atoms with E-state index in [1.54, 1.807) is 0 Å². The van der Waals surface area contributed by atoms with Gasteiger partial charge < -0.3 is 5.73 Å². The molecule has 1 heterocycles. The van der Waals surface area contributed by atoms with Crippen LogP contribution in [-0.2, 0) is 6.54 Å². The lowest BCUT2D eigenvalue weighted by atomic mass is 10.1. The Hall–Kier alpha value is -0.580. The number of likely N-dealkylation sites (N-methyl/N-ethyl adjacent to an activating group) is 1. The van der Waals surface area contributed by atoms with Gasteiger partial charge in [0.1, 0.15) is 0 Å². The van der Waals surface area contributed by atoms with Crippen LogP contribution in [0.2, 0.25) is 0 Å². The molecule has 1 saturated heterocycles. The van der Waals surface area contributed by atoms with Gasteiger partial charge in [-0.1, -0.05) is 19.1 Å². The Bertz CT molecular complexity index is 408. The fourth-order valence-electron chi connectivity index (χ4n) is 2.65. The predicted molar refractivity (Wildman–Crippen MR) is 80.5 cm³/mol. The highest BCUT2D eigenvalue weighted by Gasteiger charge is 2.22. The standard InChI is InChI=1S/C14H22BrN3/c1-3-18-8-7-17(9-11(18)2)10-12-5-4-6-13(16)14(12)15/h4-6,11H,3,7-10,16H2,1-2H3. The van der Waals surface area contributed by atoms with Crippen LogP contribution in [0.25, 0.3) is 0 Å². The minimum absolute atomic E-state index is 0.642. The van der Waals surface area contributed by atoms with E-state index in [4.69, 9.17) is 5.73 Å².